The first-order chi connectivity index (χ1) is 22.0. The van der Waals surface area contributed by atoms with Crippen molar-refractivity contribution in [1.82, 2.24) is 10.2 Å². The molecule has 0 saturated heterocycles. The van der Waals surface area contributed by atoms with Crippen LogP contribution in [0, 0.1) is 16.0 Å². The van der Waals surface area contributed by atoms with Crippen LogP contribution in [0.1, 0.15) is 25.0 Å². The van der Waals surface area contributed by atoms with Gasteiger partial charge in [0.15, 0.2) is 0 Å². The van der Waals surface area contributed by atoms with Crippen LogP contribution in [-0.4, -0.2) is 49.2 Å². The van der Waals surface area contributed by atoms with Crippen LogP contribution in [0.5, 0.6) is 0 Å². The minimum absolute atomic E-state index is 0.0310. The molecule has 46 heavy (non-hydrogen) atoms. The van der Waals surface area contributed by atoms with Gasteiger partial charge in [0.1, 0.15) is 12.6 Å². The quantitative estimate of drug-likeness (QED) is 0.133. The topological polar surface area (TPSA) is 130 Å². The summed E-state index contributed by atoms with van der Waals surface area (Å²) in [6, 6.07) is 27.6. The number of benzene rings is 4. The van der Waals surface area contributed by atoms with Crippen LogP contribution in [0.15, 0.2) is 114 Å². The van der Waals surface area contributed by atoms with Crippen molar-refractivity contribution in [2.45, 2.75) is 37.8 Å². The van der Waals surface area contributed by atoms with Gasteiger partial charge in [-0.15, -0.1) is 0 Å². The van der Waals surface area contributed by atoms with Gasteiger partial charge in [0.2, 0.25) is 11.8 Å². The second-order valence-electron chi connectivity index (χ2n) is 11.1. The van der Waals surface area contributed by atoms with Gasteiger partial charge in [0, 0.05) is 36.7 Å². The van der Waals surface area contributed by atoms with E-state index in [1.165, 1.54) is 35.2 Å². The summed E-state index contributed by atoms with van der Waals surface area (Å²) >= 11 is 6.12. The Balaban J connectivity index is 1.82. The fourth-order valence-corrected chi connectivity index (χ4v) is 6.33. The van der Waals surface area contributed by atoms with E-state index in [4.69, 9.17) is 11.6 Å². The molecule has 0 fully saturated rings. The normalized spacial score (nSPS) is 11.9. The molecular weight excluding hydrogens is 628 g/mol. The number of nitrogens with one attached hydrogen (secondary N) is 1. The highest BCUT2D eigenvalue weighted by molar-refractivity contribution is 7.92. The Labute approximate surface area is 273 Å². The zero-order chi connectivity index (χ0) is 33.3. The number of nitro benzene ring substituents is 1. The first-order valence-electron chi connectivity index (χ1n) is 14.6. The molecule has 0 spiro atoms. The predicted octanol–water partition coefficient (Wildman–Crippen LogP) is 5.86. The maximum Gasteiger partial charge on any atom is 0.271 e. The third kappa shape index (κ3) is 8.92. The van der Waals surface area contributed by atoms with Crippen LogP contribution >= 0.6 is 11.6 Å². The van der Waals surface area contributed by atoms with Gasteiger partial charge in [-0.3, -0.25) is 24.0 Å². The zero-order valence-electron chi connectivity index (χ0n) is 25.5. The number of amides is 2. The largest absolute Gasteiger partial charge is 0.354 e. The van der Waals surface area contributed by atoms with Gasteiger partial charge in [-0.05, 0) is 47.4 Å². The number of nitrogens with zero attached hydrogens (tertiary/aromatic N) is 3. The number of sulfonamides is 1. The first kappa shape index (κ1) is 34.1. The molecular formula is C34H35ClN4O6S. The highest BCUT2D eigenvalue weighted by Gasteiger charge is 2.35. The molecule has 0 bridgehead atoms. The fourth-order valence-electron chi connectivity index (χ4n) is 4.77. The second-order valence-corrected chi connectivity index (χ2v) is 13.4. The zero-order valence-corrected chi connectivity index (χ0v) is 27.0. The van der Waals surface area contributed by atoms with Crippen LogP contribution in [0.4, 0.5) is 11.4 Å². The van der Waals surface area contributed by atoms with E-state index in [2.05, 4.69) is 5.32 Å². The Morgan fingerprint density at radius 2 is 1.50 bits per heavy atom. The molecule has 240 valence electrons. The van der Waals surface area contributed by atoms with E-state index in [1.807, 2.05) is 44.2 Å². The van der Waals surface area contributed by atoms with Crippen molar-refractivity contribution in [3.8, 4) is 0 Å². The molecule has 0 aliphatic rings. The molecule has 1 N–H and O–H groups in total. The highest BCUT2D eigenvalue weighted by atomic mass is 35.5. The average Bonchev–Trinajstić information content (AvgIpc) is 3.05. The van der Waals surface area contributed by atoms with Gasteiger partial charge in [-0.1, -0.05) is 92.2 Å². The Bertz CT molecular complexity index is 1750. The van der Waals surface area contributed by atoms with Crippen molar-refractivity contribution in [3.63, 3.8) is 0 Å². The molecule has 10 nitrogen and oxygen atoms in total. The smallest absolute Gasteiger partial charge is 0.271 e. The van der Waals surface area contributed by atoms with Crippen molar-refractivity contribution in [1.29, 1.82) is 0 Å². The molecule has 4 aromatic carbocycles. The van der Waals surface area contributed by atoms with Gasteiger partial charge >= 0.3 is 0 Å². The lowest BCUT2D eigenvalue weighted by Gasteiger charge is -2.34. The van der Waals surface area contributed by atoms with Gasteiger partial charge in [-0.25, -0.2) is 8.42 Å². The number of carbonyl (C=O) groups excluding carboxylic acids is 2. The first-order valence-corrected chi connectivity index (χ1v) is 16.5. The number of hydrogen-bond acceptors (Lipinski definition) is 6. The fraction of sp³-hybridized carbons (Fsp3) is 0.235. The van der Waals surface area contributed by atoms with Gasteiger partial charge in [0.05, 0.1) is 15.5 Å². The molecule has 12 heteroatoms. The number of rotatable bonds is 14. The van der Waals surface area contributed by atoms with E-state index < -0.39 is 39.3 Å². The molecule has 0 heterocycles. The van der Waals surface area contributed by atoms with E-state index in [1.54, 1.807) is 42.5 Å². The van der Waals surface area contributed by atoms with Gasteiger partial charge < -0.3 is 10.2 Å². The lowest BCUT2D eigenvalue weighted by atomic mass is 10.0. The van der Waals surface area contributed by atoms with Crippen LogP contribution in [0.3, 0.4) is 0 Å². The second kappa shape index (κ2) is 15.5. The summed E-state index contributed by atoms with van der Waals surface area (Å²) in [7, 11) is -4.38. The molecule has 0 radical (unpaired) electrons. The molecule has 2 amide bonds. The molecule has 1 atom stereocenters. The van der Waals surface area contributed by atoms with Crippen LogP contribution < -0.4 is 9.62 Å². The molecule has 0 saturated carbocycles. The third-order valence-electron chi connectivity index (χ3n) is 7.16. The number of nitro groups is 1. The van der Waals surface area contributed by atoms with E-state index in [-0.39, 0.29) is 35.2 Å². The Kier molecular flexibility index (Phi) is 11.5. The number of carbonyl (C=O) groups is 2. The molecule has 0 aliphatic carbocycles. The summed E-state index contributed by atoms with van der Waals surface area (Å²) in [6.07, 6.45) is 0.159. The van der Waals surface area contributed by atoms with Gasteiger partial charge in [-0.2, -0.15) is 0 Å². The van der Waals surface area contributed by atoms with Crippen LogP contribution in [-0.2, 0) is 32.6 Å². The average molecular weight is 663 g/mol. The van der Waals surface area contributed by atoms with Crippen molar-refractivity contribution in [2.24, 2.45) is 5.92 Å². The summed E-state index contributed by atoms with van der Waals surface area (Å²) in [5.41, 5.74) is 1.06. The summed E-state index contributed by atoms with van der Waals surface area (Å²) in [5, 5.41) is 15.0. The standard InChI is InChI=1S/C34H35ClN4O6S/c1-25(2)22-36-34(41)32(20-26-10-5-3-6-11-26)37(23-27-16-18-28(35)19-17-27)33(40)24-38(29-12-9-13-30(21-29)39(42)43)46(44,45)31-14-7-4-8-15-31/h3-19,21,25,32H,20,22-24H2,1-2H3,(H,36,41)/t32-/m1/s1. The van der Waals surface area contributed by atoms with Crippen LogP contribution in [0.25, 0.3) is 0 Å². The molecule has 4 aromatic rings. The molecule has 0 aliphatic heterocycles. The Hall–Kier alpha value is -4.74. The minimum atomic E-state index is -4.38. The molecule has 0 unspecified atom stereocenters. The number of hydrogen-bond donors (Lipinski definition) is 1. The van der Waals surface area contributed by atoms with E-state index in [0.29, 0.717) is 17.1 Å². The van der Waals surface area contributed by atoms with Crippen molar-refractivity contribution in [2.75, 3.05) is 17.4 Å². The highest BCUT2D eigenvalue weighted by Crippen LogP contribution is 2.28. The van der Waals surface area contributed by atoms with Crippen LogP contribution in [0.2, 0.25) is 5.02 Å². The number of anilines is 1. The summed E-state index contributed by atoms with van der Waals surface area (Å²) in [6.45, 7) is 3.52. The third-order valence-corrected chi connectivity index (χ3v) is 9.20. The summed E-state index contributed by atoms with van der Waals surface area (Å²) < 4.78 is 28.9. The molecule has 4 rings (SSSR count). The molecule has 0 aromatic heterocycles. The van der Waals surface area contributed by atoms with Crippen molar-refractivity contribution >= 4 is 44.8 Å². The number of halogens is 1. The van der Waals surface area contributed by atoms with E-state index in [9.17, 15) is 28.1 Å². The maximum atomic E-state index is 14.4. The monoisotopic (exact) mass is 662 g/mol. The Morgan fingerprint density at radius 1 is 0.870 bits per heavy atom. The predicted molar refractivity (Wildman–Crippen MR) is 178 cm³/mol. The van der Waals surface area contributed by atoms with Gasteiger partial charge in [0.25, 0.3) is 15.7 Å². The van der Waals surface area contributed by atoms with Crippen molar-refractivity contribution in [3.05, 3.63) is 135 Å². The summed E-state index contributed by atoms with van der Waals surface area (Å²) in [4.78, 5) is 40.5. The van der Waals surface area contributed by atoms with E-state index in [0.717, 1.165) is 15.9 Å². The lowest BCUT2D eigenvalue weighted by molar-refractivity contribution is -0.384. The maximum absolute atomic E-state index is 14.4. The van der Waals surface area contributed by atoms with Crippen molar-refractivity contribution < 1.29 is 22.9 Å². The SMILES string of the molecule is CC(C)CNC(=O)[C@@H](Cc1ccccc1)N(Cc1ccc(Cl)cc1)C(=O)CN(c1cccc([N+](=O)[O-])c1)S(=O)(=O)c1ccccc1. The lowest BCUT2D eigenvalue weighted by Crippen LogP contribution is -2.53. The Morgan fingerprint density at radius 3 is 2.11 bits per heavy atom. The summed E-state index contributed by atoms with van der Waals surface area (Å²) in [5.74, 6) is -0.934. The number of non-ortho nitro benzene ring substituents is 1. The van der Waals surface area contributed by atoms with E-state index >= 15 is 0 Å². The minimum Gasteiger partial charge on any atom is -0.354 e.